The van der Waals surface area contributed by atoms with Crippen molar-refractivity contribution in [1.29, 1.82) is 0 Å². The number of benzene rings is 2. The molecule has 0 fully saturated rings. The maximum absolute atomic E-state index is 5.98. The summed E-state index contributed by atoms with van der Waals surface area (Å²) in [5.41, 5.74) is 1.34. The van der Waals surface area contributed by atoms with E-state index >= 15 is 0 Å². The van der Waals surface area contributed by atoms with Gasteiger partial charge in [0.1, 0.15) is 16.9 Å². The first kappa shape index (κ1) is 15.4. The van der Waals surface area contributed by atoms with Gasteiger partial charge >= 0.3 is 4.52 Å². The average molecular weight is 384 g/mol. The number of hydrogen-bond donors (Lipinski definition) is 0. The number of rotatable bonds is 2. The van der Waals surface area contributed by atoms with Crippen LogP contribution in [0.4, 0.5) is 0 Å². The highest BCUT2D eigenvalue weighted by Crippen LogP contribution is 2.48. The molecule has 7 heteroatoms. The van der Waals surface area contributed by atoms with E-state index in [4.69, 9.17) is 67.2 Å². The van der Waals surface area contributed by atoms with Crippen LogP contribution in [-0.4, -0.2) is 8.31 Å². The lowest BCUT2D eigenvalue weighted by atomic mass is 10.1. The maximum atomic E-state index is 5.98. The lowest BCUT2D eigenvalue weighted by Crippen LogP contribution is -2.37. The molecule has 0 aliphatic heterocycles. The second kappa shape index (κ2) is 5.29. The van der Waals surface area contributed by atoms with Crippen molar-refractivity contribution in [2.75, 3.05) is 0 Å². The number of alkyl halides is 5. The number of fused-ring (bicyclic) bond motifs is 3. The molecule has 1 aromatic heterocycles. The standard InChI is InChI=1S/C14H7Cl5O2/c15-13(16,17)14(18,19)21-11-7-3-6-10-12(11)8-4-1-2-5-9(8)20-10/h1-7H. The van der Waals surface area contributed by atoms with Gasteiger partial charge < -0.3 is 9.15 Å². The first-order valence-corrected chi connectivity index (χ1v) is 7.72. The van der Waals surface area contributed by atoms with E-state index in [-0.39, 0.29) is 0 Å². The van der Waals surface area contributed by atoms with E-state index in [1.165, 1.54) is 0 Å². The molecule has 0 bridgehead atoms. The van der Waals surface area contributed by atoms with Gasteiger partial charge in [-0.05, 0) is 18.2 Å². The summed E-state index contributed by atoms with van der Waals surface area (Å²) in [5, 5.41) is 1.57. The minimum Gasteiger partial charge on any atom is -0.456 e. The van der Waals surface area contributed by atoms with Crippen LogP contribution < -0.4 is 4.74 Å². The van der Waals surface area contributed by atoms with Gasteiger partial charge in [0.05, 0.1) is 5.39 Å². The lowest BCUT2D eigenvalue weighted by Gasteiger charge is -2.28. The number of ether oxygens (including phenoxy) is 1. The summed E-state index contributed by atoms with van der Waals surface area (Å²) >= 11 is 29.2. The summed E-state index contributed by atoms with van der Waals surface area (Å²) in [5.74, 6) is 0.369. The van der Waals surface area contributed by atoms with Crippen molar-refractivity contribution in [2.45, 2.75) is 8.31 Å². The Balaban J connectivity index is 2.19. The zero-order valence-corrected chi connectivity index (χ0v) is 14.0. The largest absolute Gasteiger partial charge is 0.456 e. The van der Waals surface area contributed by atoms with Gasteiger partial charge in [0.15, 0.2) is 0 Å². The van der Waals surface area contributed by atoms with Crippen molar-refractivity contribution in [2.24, 2.45) is 0 Å². The van der Waals surface area contributed by atoms with Crippen molar-refractivity contribution in [3.8, 4) is 5.75 Å². The topological polar surface area (TPSA) is 22.4 Å². The number of hydrogen-bond acceptors (Lipinski definition) is 2. The molecule has 2 nitrogen and oxygen atoms in total. The van der Waals surface area contributed by atoms with E-state index in [0.717, 1.165) is 5.39 Å². The van der Waals surface area contributed by atoms with E-state index in [2.05, 4.69) is 0 Å². The van der Waals surface area contributed by atoms with E-state index in [1.54, 1.807) is 12.1 Å². The van der Waals surface area contributed by atoms with Crippen molar-refractivity contribution in [3.63, 3.8) is 0 Å². The van der Waals surface area contributed by atoms with Crippen LogP contribution in [0.5, 0.6) is 5.75 Å². The van der Waals surface area contributed by atoms with Crippen LogP contribution in [0, 0.1) is 0 Å². The highest BCUT2D eigenvalue weighted by Gasteiger charge is 2.49. The highest BCUT2D eigenvalue weighted by molar-refractivity contribution is 6.75. The Labute approximate surface area is 145 Å². The Morgan fingerprint density at radius 3 is 2.19 bits per heavy atom. The van der Waals surface area contributed by atoms with Crippen molar-refractivity contribution in [1.82, 2.24) is 0 Å². The van der Waals surface area contributed by atoms with Crippen LogP contribution in [-0.2, 0) is 0 Å². The molecule has 21 heavy (non-hydrogen) atoms. The number of halogens is 5. The summed E-state index contributed by atoms with van der Waals surface area (Å²) in [6.45, 7) is 0. The smallest absolute Gasteiger partial charge is 0.305 e. The van der Waals surface area contributed by atoms with Crippen molar-refractivity contribution in [3.05, 3.63) is 42.5 Å². The molecule has 0 saturated carbocycles. The van der Waals surface area contributed by atoms with Gasteiger partial charge in [-0.1, -0.05) is 82.3 Å². The molecular weight excluding hydrogens is 377 g/mol. The molecule has 3 rings (SSSR count). The molecule has 1 heterocycles. The van der Waals surface area contributed by atoms with Gasteiger partial charge in [-0.3, -0.25) is 0 Å². The Morgan fingerprint density at radius 2 is 1.48 bits per heavy atom. The van der Waals surface area contributed by atoms with Crippen LogP contribution in [0.25, 0.3) is 21.9 Å². The van der Waals surface area contributed by atoms with Crippen LogP contribution in [0.15, 0.2) is 46.9 Å². The second-order valence-electron chi connectivity index (χ2n) is 4.34. The van der Waals surface area contributed by atoms with Crippen molar-refractivity contribution >= 4 is 79.9 Å². The summed E-state index contributed by atoms with van der Waals surface area (Å²) in [4.78, 5) is 0. The first-order chi connectivity index (χ1) is 9.79. The maximum Gasteiger partial charge on any atom is 0.305 e. The Bertz CT molecular complexity index is 804. The molecule has 110 valence electrons. The molecule has 0 N–H and O–H groups in total. The zero-order chi connectivity index (χ0) is 15.3. The molecule has 0 unspecified atom stereocenters. The Morgan fingerprint density at radius 1 is 0.810 bits per heavy atom. The third kappa shape index (κ3) is 2.76. The third-order valence-corrected chi connectivity index (χ3v) is 5.03. The SMILES string of the molecule is ClC(Cl)(Cl)C(Cl)(Cl)Oc1cccc2oc3ccccc3c12. The van der Waals surface area contributed by atoms with Gasteiger partial charge in [-0.15, -0.1) is 0 Å². The first-order valence-electron chi connectivity index (χ1n) is 5.83. The van der Waals surface area contributed by atoms with E-state index in [0.29, 0.717) is 22.3 Å². The molecule has 0 radical (unpaired) electrons. The van der Waals surface area contributed by atoms with Crippen LogP contribution >= 0.6 is 58.0 Å². The molecule has 0 aliphatic rings. The van der Waals surface area contributed by atoms with Gasteiger partial charge in [0.25, 0.3) is 3.79 Å². The monoisotopic (exact) mass is 382 g/mol. The minimum absolute atomic E-state index is 0.369. The fraction of sp³-hybridized carbons (Fsp3) is 0.143. The summed E-state index contributed by atoms with van der Waals surface area (Å²) in [7, 11) is 0. The normalized spacial score (nSPS) is 13.0. The summed E-state index contributed by atoms with van der Waals surface area (Å²) in [6.07, 6.45) is 0. The predicted octanol–water partition coefficient (Wildman–Crippen LogP) is 6.47. The van der Waals surface area contributed by atoms with Crippen LogP contribution in [0.2, 0.25) is 0 Å². The minimum atomic E-state index is -2.04. The van der Waals surface area contributed by atoms with E-state index in [9.17, 15) is 0 Å². The second-order valence-corrected chi connectivity index (χ2v) is 7.88. The molecule has 0 spiro atoms. The fourth-order valence-corrected chi connectivity index (χ4v) is 2.31. The molecule has 3 aromatic rings. The zero-order valence-electron chi connectivity index (χ0n) is 10.2. The van der Waals surface area contributed by atoms with Gasteiger partial charge in [0.2, 0.25) is 0 Å². The van der Waals surface area contributed by atoms with Gasteiger partial charge in [0, 0.05) is 5.39 Å². The third-order valence-electron chi connectivity index (χ3n) is 2.93. The predicted molar refractivity (Wildman–Crippen MR) is 89.1 cm³/mol. The molecule has 0 saturated heterocycles. The molecule has 0 amide bonds. The van der Waals surface area contributed by atoms with Crippen LogP contribution in [0.1, 0.15) is 0 Å². The molecule has 0 atom stereocenters. The fourth-order valence-electron chi connectivity index (χ4n) is 2.02. The Kier molecular flexibility index (Phi) is 3.88. The number of furan rings is 1. The molecule has 0 aliphatic carbocycles. The van der Waals surface area contributed by atoms with E-state index < -0.39 is 8.31 Å². The average Bonchev–Trinajstić information content (AvgIpc) is 2.76. The summed E-state index contributed by atoms with van der Waals surface area (Å²) in [6, 6.07) is 12.7. The van der Waals surface area contributed by atoms with E-state index in [1.807, 2.05) is 30.3 Å². The van der Waals surface area contributed by atoms with Crippen molar-refractivity contribution < 1.29 is 9.15 Å². The number of para-hydroxylation sites is 1. The highest BCUT2D eigenvalue weighted by atomic mass is 35.6. The summed E-state index contributed by atoms with van der Waals surface area (Å²) < 4.78 is 7.20. The quantitative estimate of drug-likeness (QED) is 0.473. The Hall–Kier alpha value is -0.510. The lowest BCUT2D eigenvalue weighted by molar-refractivity contribution is 0.249. The van der Waals surface area contributed by atoms with Crippen LogP contribution in [0.3, 0.4) is 0 Å². The van der Waals surface area contributed by atoms with Gasteiger partial charge in [-0.2, -0.15) is 0 Å². The molecule has 2 aromatic carbocycles. The van der Waals surface area contributed by atoms with Gasteiger partial charge in [-0.25, -0.2) is 0 Å². The molecular formula is C14H7Cl5O2.